The molecule has 0 saturated heterocycles. The zero-order valence-electron chi connectivity index (χ0n) is 14.8. The van der Waals surface area contributed by atoms with Gasteiger partial charge < -0.3 is 0 Å². The summed E-state index contributed by atoms with van der Waals surface area (Å²) in [6.45, 7) is 4.23. The molecule has 3 rings (SSSR count). The molecule has 0 aliphatic carbocycles. The van der Waals surface area contributed by atoms with Crippen LogP contribution in [0.5, 0.6) is 0 Å². The molecule has 0 fully saturated rings. The van der Waals surface area contributed by atoms with E-state index in [2.05, 4.69) is 41.5 Å². The van der Waals surface area contributed by atoms with Gasteiger partial charge in [-0.05, 0) is 24.1 Å². The number of anilines is 1. The largest absolute Gasteiger partial charge is 0.296 e. The maximum absolute atomic E-state index is 12.6. The number of carbonyl (C=O) groups excluding carboxylic acids is 1. The van der Waals surface area contributed by atoms with E-state index in [0.717, 1.165) is 22.7 Å². The molecule has 0 saturated carbocycles. The fourth-order valence-corrected chi connectivity index (χ4v) is 4.16. The van der Waals surface area contributed by atoms with Gasteiger partial charge >= 0.3 is 0 Å². The van der Waals surface area contributed by atoms with Gasteiger partial charge in [0.05, 0.1) is 5.56 Å². The summed E-state index contributed by atoms with van der Waals surface area (Å²) in [5, 5.41) is 13.1. The molecule has 3 aromatic rings. The third kappa shape index (κ3) is 5.16. The van der Waals surface area contributed by atoms with Crippen LogP contribution in [0, 0.1) is 0 Å². The molecule has 0 bridgehead atoms. The second kappa shape index (κ2) is 8.96. The molecular weight excluding hydrogens is 362 g/mol. The zero-order chi connectivity index (χ0) is 18.4. The van der Waals surface area contributed by atoms with E-state index in [-0.39, 0.29) is 5.91 Å². The number of nitrogens with one attached hydrogen (secondary N) is 1. The quantitative estimate of drug-likeness (QED) is 0.578. The molecule has 0 aliphatic rings. The van der Waals surface area contributed by atoms with E-state index in [4.69, 9.17) is 0 Å². The lowest BCUT2D eigenvalue weighted by molar-refractivity contribution is 0.102. The topological polar surface area (TPSA) is 54.9 Å². The van der Waals surface area contributed by atoms with Crippen LogP contribution >= 0.6 is 23.1 Å². The highest BCUT2D eigenvalue weighted by Gasteiger charge is 2.15. The molecule has 134 valence electrons. The van der Waals surface area contributed by atoms with Gasteiger partial charge in [-0.3, -0.25) is 10.1 Å². The van der Waals surface area contributed by atoms with Crippen LogP contribution in [0.15, 0.2) is 59.5 Å². The van der Waals surface area contributed by atoms with Gasteiger partial charge in [0, 0.05) is 16.6 Å². The Labute approximate surface area is 162 Å². The highest BCUT2D eigenvalue weighted by Crippen LogP contribution is 2.27. The molecule has 6 heteroatoms. The highest BCUT2D eigenvalue weighted by atomic mass is 32.2. The van der Waals surface area contributed by atoms with E-state index in [1.165, 1.54) is 16.9 Å². The van der Waals surface area contributed by atoms with E-state index in [0.29, 0.717) is 15.9 Å². The predicted octanol–water partition coefficient (Wildman–Crippen LogP) is 5.08. The van der Waals surface area contributed by atoms with Crippen molar-refractivity contribution in [1.29, 1.82) is 0 Å². The first-order valence-corrected chi connectivity index (χ1v) is 10.2. The number of benzene rings is 2. The van der Waals surface area contributed by atoms with Gasteiger partial charge in [-0.2, -0.15) is 0 Å². The first kappa shape index (κ1) is 18.6. The molecule has 1 aromatic heterocycles. The third-order valence-electron chi connectivity index (χ3n) is 3.65. The maximum atomic E-state index is 12.6. The molecule has 0 atom stereocenters. The number of hydrogen-bond acceptors (Lipinski definition) is 5. The Morgan fingerprint density at radius 3 is 2.54 bits per heavy atom. The minimum absolute atomic E-state index is 0.139. The van der Waals surface area contributed by atoms with Gasteiger partial charge in [0.25, 0.3) is 5.91 Å². The number of amides is 1. The Hall–Kier alpha value is -2.18. The van der Waals surface area contributed by atoms with Gasteiger partial charge in [-0.15, -0.1) is 22.0 Å². The van der Waals surface area contributed by atoms with Crippen LogP contribution in [0.2, 0.25) is 0 Å². The maximum Gasteiger partial charge on any atom is 0.258 e. The Morgan fingerprint density at radius 2 is 1.77 bits per heavy atom. The van der Waals surface area contributed by atoms with Crippen molar-refractivity contribution < 1.29 is 4.79 Å². The Kier molecular flexibility index (Phi) is 6.41. The minimum atomic E-state index is -0.139. The number of rotatable bonds is 7. The minimum Gasteiger partial charge on any atom is -0.296 e. The van der Waals surface area contributed by atoms with Crippen molar-refractivity contribution in [2.45, 2.75) is 36.8 Å². The molecule has 1 N–H and O–H groups in total. The smallest absolute Gasteiger partial charge is 0.258 e. The monoisotopic (exact) mass is 383 g/mol. The van der Waals surface area contributed by atoms with E-state index in [1.807, 2.05) is 42.5 Å². The van der Waals surface area contributed by atoms with Crippen LogP contribution in [-0.4, -0.2) is 21.4 Å². The lowest BCUT2D eigenvalue weighted by Crippen LogP contribution is -2.13. The fourth-order valence-electron chi connectivity index (χ4n) is 2.48. The Morgan fingerprint density at radius 1 is 1.04 bits per heavy atom. The van der Waals surface area contributed by atoms with E-state index in [1.54, 1.807) is 11.8 Å². The zero-order valence-corrected chi connectivity index (χ0v) is 16.4. The number of nitrogens with zero attached hydrogens (tertiary/aromatic N) is 2. The molecule has 1 amide bonds. The van der Waals surface area contributed by atoms with Crippen molar-refractivity contribution >= 4 is 34.1 Å². The Balaban J connectivity index is 1.63. The van der Waals surface area contributed by atoms with E-state index < -0.39 is 0 Å². The first-order chi connectivity index (χ1) is 12.6. The van der Waals surface area contributed by atoms with Crippen molar-refractivity contribution in [2.75, 3.05) is 5.32 Å². The average Bonchev–Trinajstić information content (AvgIpc) is 3.08. The van der Waals surface area contributed by atoms with Crippen LogP contribution in [0.25, 0.3) is 0 Å². The number of aryl methyl sites for hydroxylation is 2. The molecule has 26 heavy (non-hydrogen) atoms. The fraction of sp³-hybridized carbons (Fsp3) is 0.250. The molecule has 0 spiro atoms. The molecule has 0 aliphatic heterocycles. The van der Waals surface area contributed by atoms with Crippen LogP contribution < -0.4 is 5.32 Å². The molecule has 2 aromatic carbocycles. The van der Waals surface area contributed by atoms with Crippen molar-refractivity contribution in [3.05, 3.63) is 70.7 Å². The van der Waals surface area contributed by atoms with E-state index in [9.17, 15) is 4.79 Å². The summed E-state index contributed by atoms with van der Waals surface area (Å²) < 4.78 is 0. The lowest BCUT2D eigenvalue weighted by Gasteiger charge is -2.10. The van der Waals surface area contributed by atoms with Crippen molar-refractivity contribution in [3.63, 3.8) is 0 Å². The van der Waals surface area contributed by atoms with Gasteiger partial charge in [0.2, 0.25) is 5.13 Å². The Bertz CT molecular complexity index is 862. The average molecular weight is 384 g/mol. The van der Waals surface area contributed by atoms with Gasteiger partial charge in [0.1, 0.15) is 5.01 Å². The summed E-state index contributed by atoms with van der Waals surface area (Å²) in [7, 11) is 0. The normalized spacial score (nSPS) is 10.9. The van der Waals surface area contributed by atoms with Crippen LogP contribution in [0.4, 0.5) is 5.13 Å². The standard InChI is InChI=1S/C20H21N3OS2/c1-14(2)25-17-11-7-6-10-16(17)19(24)21-20-23-22-18(26-20)13-12-15-8-4-3-5-9-15/h3-11,14H,12-13H2,1-2H3,(H,21,23,24). The van der Waals surface area contributed by atoms with Gasteiger partial charge in [-0.1, -0.05) is 67.6 Å². The van der Waals surface area contributed by atoms with E-state index >= 15 is 0 Å². The van der Waals surface area contributed by atoms with Crippen LogP contribution in [-0.2, 0) is 12.8 Å². The van der Waals surface area contributed by atoms with Crippen LogP contribution in [0.1, 0.15) is 34.8 Å². The number of hydrogen-bond donors (Lipinski definition) is 1. The highest BCUT2D eigenvalue weighted by molar-refractivity contribution is 8.00. The number of aromatic nitrogens is 2. The molecule has 0 unspecified atom stereocenters. The summed E-state index contributed by atoms with van der Waals surface area (Å²) in [6.07, 6.45) is 1.73. The SMILES string of the molecule is CC(C)Sc1ccccc1C(=O)Nc1nnc(CCc2ccccc2)s1. The summed E-state index contributed by atoms with van der Waals surface area (Å²) in [4.78, 5) is 13.6. The molecule has 0 radical (unpaired) electrons. The van der Waals surface area contributed by atoms with Crippen molar-refractivity contribution in [1.82, 2.24) is 10.2 Å². The number of thioether (sulfide) groups is 1. The third-order valence-corrected chi connectivity index (χ3v) is 5.63. The lowest BCUT2D eigenvalue weighted by atomic mass is 10.1. The molecular formula is C20H21N3OS2. The predicted molar refractivity (Wildman–Crippen MR) is 109 cm³/mol. The summed E-state index contributed by atoms with van der Waals surface area (Å²) in [6, 6.07) is 17.9. The summed E-state index contributed by atoms with van der Waals surface area (Å²) >= 11 is 3.12. The summed E-state index contributed by atoms with van der Waals surface area (Å²) in [5.41, 5.74) is 1.94. The van der Waals surface area contributed by atoms with Gasteiger partial charge in [-0.25, -0.2) is 0 Å². The van der Waals surface area contributed by atoms with Crippen molar-refractivity contribution in [2.24, 2.45) is 0 Å². The van der Waals surface area contributed by atoms with Crippen LogP contribution in [0.3, 0.4) is 0 Å². The van der Waals surface area contributed by atoms with Crippen molar-refractivity contribution in [3.8, 4) is 0 Å². The second-order valence-corrected chi connectivity index (χ2v) is 8.78. The van der Waals surface area contributed by atoms with Gasteiger partial charge in [0.15, 0.2) is 0 Å². The summed E-state index contributed by atoms with van der Waals surface area (Å²) in [5.74, 6) is -0.139. The second-order valence-electron chi connectivity index (χ2n) is 6.10. The number of carbonyl (C=O) groups is 1. The molecule has 4 nitrogen and oxygen atoms in total. The molecule has 1 heterocycles. The first-order valence-electron chi connectivity index (χ1n) is 8.55.